The molecule has 168 valence electrons. The molecule has 1 aliphatic heterocycles. The number of likely N-dealkylation sites (N-methyl/N-ethyl adjacent to an activating group) is 1. The Morgan fingerprint density at radius 1 is 1.12 bits per heavy atom. The molecule has 0 fully saturated rings. The fraction of sp³-hybridized carbons (Fsp3) is 0.292. The molecule has 0 saturated heterocycles. The summed E-state index contributed by atoms with van der Waals surface area (Å²) in [4.78, 5) is 16.8. The molecule has 2 aromatic carbocycles. The van der Waals surface area contributed by atoms with E-state index in [2.05, 4.69) is 17.5 Å². The fourth-order valence-corrected chi connectivity index (χ4v) is 6.61. The van der Waals surface area contributed by atoms with Crippen molar-refractivity contribution in [3.63, 3.8) is 0 Å². The number of nitrogens with zero attached hydrogens (tertiary/aromatic N) is 2. The molecule has 5 nitrogen and oxygen atoms in total. The molecule has 0 N–H and O–H groups in total. The van der Waals surface area contributed by atoms with E-state index in [0.717, 1.165) is 23.1 Å². The molecular formula is C24H25ClN2O3S2. The molecule has 0 spiro atoms. The van der Waals surface area contributed by atoms with E-state index in [1.807, 2.05) is 30.0 Å². The summed E-state index contributed by atoms with van der Waals surface area (Å²) in [5.74, 6) is -0.200. The number of carbonyl (C=O) groups excluding carboxylic acids is 1. The number of thiophene rings is 1. The van der Waals surface area contributed by atoms with E-state index in [-0.39, 0.29) is 29.9 Å². The van der Waals surface area contributed by atoms with Gasteiger partial charge >= 0.3 is 0 Å². The summed E-state index contributed by atoms with van der Waals surface area (Å²) in [5.41, 5.74) is 3.31. The lowest BCUT2D eigenvalue weighted by atomic mass is 9.90. The van der Waals surface area contributed by atoms with Crippen molar-refractivity contribution in [1.82, 2.24) is 9.21 Å². The van der Waals surface area contributed by atoms with Crippen molar-refractivity contribution in [3.8, 4) is 0 Å². The van der Waals surface area contributed by atoms with Gasteiger partial charge in [-0.1, -0.05) is 42.8 Å². The monoisotopic (exact) mass is 488 g/mol. The predicted octanol–water partition coefficient (Wildman–Crippen LogP) is 4.89. The number of carbonyl (C=O) groups is 1. The third-order valence-corrected chi connectivity index (χ3v) is 9.07. The van der Waals surface area contributed by atoms with Crippen molar-refractivity contribution in [3.05, 3.63) is 86.6 Å². The summed E-state index contributed by atoms with van der Waals surface area (Å²) in [6.07, 6.45) is 0.775. The maximum atomic E-state index is 13.5. The molecule has 1 atom stereocenters. The Balaban J connectivity index is 1.65. The fourth-order valence-electron chi connectivity index (χ4n) is 4.18. The minimum absolute atomic E-state index is 0.130. The van der Waals surface area contributed by atoms with Crippen LogP contribution < -0.4 is 0 Å². The van der Waals surface area contributed by atoms with E-state index in [1.54, 1.807) is 30.4 Å². The topological polar surface area (TPSA) is 57.7 Å². The van der Waals surface area contributed by atoms with Gasteiger partial charge in [0.2, 0.25) is 15.9 Å². The van der Waals surface area contributed by atoms with Crippen LogP contribution >= 0.6 is 22.9 Å². The van der Waals surface area contributed by atoms with E-state index in [0.29, 0.717) is 11.6 Å². The minimum atomic E-state index is -3.81. The molecule has 8 heteroatoms. The number of aryl methyl sites for hydroxylation is 1. The number of rotatable bonds is 6. The zero-order valence-corrected chi connectivity index (χ0v) is 20.4. The summed E-state index contributed by atoms with van der Waals surface area (Å²) in [5, 5.41) is 2.52. The maximum absolute atomic E-state index is 13.5. The van der Waals surface area contributed by atoms with E-state index in [1.165, 1.54) is 21.3 Å². The van der Waals surface area contributed by atoms with Crippen LogP contribution in [0.2, 0.25) is 5.02 Å². The Labute approximate surface area is 198 Å². The van der Waals surface area contributed by atoms with Crippen molar-refractivity contribution < 1.29 is 13.2 Å². The van der Waals surface area contributed by atoms with Gasteiger partial charge in [-0.25, -0.2) is 8.42 Å². The van der Waals surface area contributed by atoms with Gasteiger partial charge in [0, 0.05) is 23.0 Å². The number of sulfonamides is 1. The molecule has 32 heavy (non-hydrogen) atoms. The van der Waals surface area contributed by atoms with Gasteiger partial charge in [0.15, 0.2) is 0 Å². The number of fused-ring (bicyclic) bond motifs is 1. The second kappa shape index (κ2) is 9.35. The highest BCUT2D eigenvalue weighted by atomic mass is 35.5. The van der Waals surface area contributed by atoms with Crippen LogP contribution in [0, 0.1) is 6.92 Å². The second-order valence-electron chi connectivity index (χ2n) is 7.78. The van der Waals surface area contributed by atoms with Crippen molar-refractivity contribution in [1.29, 1.82) is 0 Å². The minimum Gasteiger partial charge on any atom is -0.330 e. The summed E-state index contributed by atoms with van der Waals surface area (Å²) in [6.45, 7) is 4.34. The van der Waals surface area contributed by atoms with Gasteiger partial charge in [0.25, 0.3) is 0 Å². The number of amides is 1. The largest absolute Gasteiger partial charge is 0.330 e. The van der Waals surface area contributed by atoms with Crippen molar-refractivity contribution in [2.24, 2.45) is 0 Å². The first-order chi connectivity index (χ1) is 15.3. The van der Waals surface area contributed by atoms with Crippen molar-refractivity contribution >= 4 is 38.9 Å². The van der Waals surface area contributed by atoms with Crippen LogP contribution in [0.3, 0.4) is 0 Å². The van der Waals surface area contributed by atoms with Gasteiger partial charge in [-0.2, -0.15) is 4.31 Å². The van der Waals surface area contributed by atoms with Gasteiger partial charge in [-0.05, 0) is 65.7 Å². The van der Waals surface area contributed by atoms with Crippen molar-refractivity contribution in [2.75, 3.05) is 19.6 Å². The smallest absolute Gasteiger partial charge is 0.243 e. The molecule has 0 radical (unpaired) electrons. The normalized spacial score (nSPS) is 16.2. The first-order valence-electron chi connectivity index (χ1n) is 10.5. The lowest BCUT2D eigenvalue weighted by Gasteiger charge is -2.38. The molecule has 0 bridgehead atoms. The standard InChI is InChI=1S/C24H25ClN2O3S2/c1-3-26(32(29,30)19-10-8-18(25)9-11-19)16-23(28)27-14-12-22-21(13-15-31-22)24(27)20-7-5-4-6-17(20)2/h4-11,13,15,24H,3,12,14,16H2,1-2H3. The molecule has 0 aliphatic carbocycles. The Morgan fingerprint density at radius 2 is 1.84 bits per heavy atom. The van der Waals surface area contributed by atoms with E-state index in [4.69, 9.17) is 11.6 Å². The van der Waals surface area contributed by atoms with Gasteiger partial charge in [0.05, 0.1) is 17.5 Å². The highest BCUT2D eigenvalue weighted by Crippen LogP contribution is 2.39. The van der Waals surface area contributed by atoms with Crippen molar-refractivity contribution in [2.45, 2.75) is 31.2 Å². The average Bonchev–Trinajstić information content (AvgIpc) is 3.26. The molecule has 1 amide bonds. The summed E-state index contributed by atoms with van der Waals surface area (Å²) in [6, 6.07) is 16.0. The zero-order chi connectivity index (χ0) is 22.9. The van der Waals surface area contributed by atoms with Crippen LogP contribution in [0.4, 0.5) is 0 Å². The van der Waals surface area contributed by atoms with Crippen LogP contribution in [0.25, 0.3) is 0 Å². The summed E-state index contributed by atoms with van der Waals surface area (Å²) in [7, 11) is -3.81. The molecule has 1 aliphatic rings. The Bertz CT molecular complexity index is 1220. The van der Waals surface area contributed by atoms with Gasteiger partial charge in [-0.15, -0.1) is 11.3 Å². The van der Waals surface area contributed by atoms with Crippen LogP contribution in [0.1, 0.15) is 34.5 Å². The first-order valence-corrected chi connectivity index (χ1v) is 13.2. The third-order valence-electron chi connectivity index (χ3n) is 5.89. The Morgan fingerprint density at radius 3 is 2.53 bits per heavy atom. The maximum Gasteiger partial charge on any atom is 0.243 e. The summed E-state index contributed by atoms with van der Waals surface area (Å²) >= 11 is 7.62. The van der Waals surface area contributed by atoms with Crippen LogP contribution in [0.15, 0.2) is 64.9 Å². The van der Waals surface area contributed by atoms with E-state index < -0.39 is 10.0 Å². The number of hydrogen-bond acceptors (Lipinski definition) is 4. The molecular weight excluding hydrogens is 464 g/mol. The first kappa shape index (κ1) is 23.0. The van der Waals surface area contributed by atoms with E-state index >= 15 is 0 Å². The highest BCUT2D eigenvalue weighted by molar-refractivity contribution is 7.89. The third kappa shape index (κ3) is 4.35. The lowest BCUT2D eigenvalue weighted by molar-refractivity contribution is -0.133. The van der Waals surface area contributed by atoms with Crippen LogP contribution in [0.5, 0.6) is 0 Å². The summed E-state index contributed by atoms with van der Waals surface area (Å²) < 4.78 is 27.6. The number of hydrogen-bond donors (Lipinski definition) is 0. The van der Waals surface area contributed by atoms with Gasteiger partial charge < -0.3 is 4.90 Å². The SMILES string of the molecule is CCN(CC(=O)N1CCc2sccc2C1c1ccccc1C)S(=O)(=O)c1ccc(Cl)cc1. The van der Waals surface area contributed by atoms with Crippen LogP contribution in [-0.2, 0) is 21.2 Å². The molecule has 2 heterocycles. The molecule has 3 aromatic rings. The molecule has 0 saturated carbocycles. The molecule has 1 unspecified atom stereocenters. The second-order valence-corrected chi connectivity index (χ2v) is 11.2. The lowest BCUT2D eigenvalue weighted by Crippen LogP contribution is -2.46. The molecule has 4 rings (SSSR count). The van der Waals surface area contributed by atoms with Crippen LogP contribution in [-0.4, -0.2) is 43.2 Å². The number of benzene rings is 2. The Kier molecular flexibility index (Phi) is 6.72. The molecule has 1 aromatic heterocycles. The van der Waals surface area contributed by atoms with Gasteiger partial charge in [0.1, 0.15) is 0 Å². The van der Waals surface area contributed by atoms with E-state index in [9.17, 15) is 13.2 Å². The quantitative estimate of drug-likeness (QED) is 0.496. The highest BCUT2D eigenvalue weighted by Gasteiger charge is 2.35. The average molecular weight is 489 g/mol. The zero-order valence-electron chi connectivity index (χ0n) is 18.0. The predicted molar refractivity (Wildman–Crippen MR) is 129 cm³/mol. The van der Waals surface area contributed by atoms with Gasteiger partial charge in [-0.3, -0.25) is 4.79 Å². The number of halogens is 1. The Hall–Kier alpha value is -2.19.